The van der Waals surface area contributed by atoms with Crippen LogP contribution in [0.1, 0.15) is 26.3 Å². The molecule has 0 saturated heterocycles. The van der Waals surface area contributed by atoms with Gasteiger partial charge in [0.25, 0.3) is 0 Å². The summed E-state index contributed by atoms with van der Waals surface area (Å²) in [5, 5.41) is 0.517. The summed E-state index contributed by atoms with van der Waals surface area (Å²) < 4.78 is 0. The molecule has 0 N–H and O–H groups in total. The number of pyridine rings is 1. The molecule has 4 heteroatoms. The molecule has 1 aromatic rings. The molecule has 0 radical (unpaired) electrons. The van der Waals surface area contributed by atoms with E-state index in [2.05, 4.69) is 30.3 Å². The Hall–Kier alpha value is -0.990. The van der Waals surface area contributed by atoms with E-state index in [-0.39, 0.29) is 5.38 Å². The van der Waals surface area contributed by atoms with Crippen LogP contribution in [-0.2, 0) is 6.54 Å². The van der Waals surface area contributed by atoms with E-state index in [9.17, 15) is 0 Å². The highest BCUT2D eigenvalue weighted by Crippen LogP contribution is 2.15. The molecule has 0 bridgehead atoms. The van der Waals surface area contributed by atoms with Gasteiger partial charge in [-0.2, -0.15) is 0 Å². The van der Waals surface area contributed by atoms with E-state index in [0.717, 1.165) is 24.4 Å². The van der Waals surface area contributed by atoms with Crippen LogP contribution in [-0.4, -0.2) is 21.8 Å². The molecular formula is C16H22Cl2N2. The van der Waals surface area contributed by atoms with Crippen molar-refractivity contribution < 1.29 is 0 Å². The van der Waals surface area contributed by atoms with Gasteiger partial charge in [0, 0.05) is 30.4 Å². The summed E-state index contributed by atoms with van der Waals surface area (Å²) in [6.45, 7) is 12.1. The van der Waals surface area contributed by atoms with Gasteiger partial charge in [-0.15, -0.1) is 11.6 Å². The minimum atomic E-state index is 0.00449. The van der Waals surface area contributed by atoms with Gasteiger partial charge in [0.1, 0.15) is 5.15 Å². The second kappa shape index (κ2) is 8.33. The zero-order chi connectivity index (χ0) is 15.1. The van der Waals surface area contributed by atoms with Crippen LogP contribution in [0, 0.1) is 5.92 Å². The number of hydrogen-bond acceptors (Lipinski definition) is 2. The van der Waals surface area contributed by atoms with Gasteiger partial charge in [-0.1, -0.05) is 44.2 Å². The molecule has 1 aromatic heterocycles. The predicted octanol–water partition coefficient (Wildman–Crippen LogP) is 4.89. The zero-order valence-corrected chi connectivity index (χ0v) is 13.8. The van der Waals surface area contributed by atoms with Crippen LogP contribution in [0.25, 0.3) is 0 Å². The number of alkyl halides is 1. The Morgan fingerprint density at radius 3 is 2.60 bits per heavy atom. The summed E-state index contributed by atoms with van der Waals surface area (Å²) in [6, 6.07) is 3.80. The molecule has 0 saturated carbocycles. The lowest BCUT2D eigenvalue weighted by atomic mass is 10.1. The molecule has 0 spiro atoms. The molecule has 0 amide bonds. The predicted molar refractivity (Wildman–Crippen MR) is 88.1 cm³/mol. The van der Waals surface area contributed by atoms with Gasteiger partial charge in [0.15, 0.2) is 0 Å². The number of allylic oxidation sites excluding steroid dienone is 2. The fraction of sp³-hybridized carbons (Fsp3) is 0.438. The fourth-order valence-electron chi connectivity index (χ4n) is 1.79. The highest BCUT2D eigenvalue weighted by Gasteiger charge is 2.09. The number of nitrogens with zero attached hydrogens (tertiary/aromatic N) is 2. The Morgan fingerprint density at radius 2 is 2.10 bits per heavy atom. The zero-order valence-electron chi connectivity index (χ0n) is 12.3. The van der Waals surface area contributed by atoms with Gasteiger partial charge in [-0.05, 0) is 30.5 Å². The highest BCUT2D eigenvalue weighted by atomic mass is 35.5. The molecule has 0 aliphatic carbocycles. The molecule has 1 atom stereocenters. The maximum atomic E-state index is 5.94. The van der Waals surface area contributed by atoms with Gasteiger partial charge in [-0.3, -0.25) is 0 Å². The number of aromatic nitrogens is 1. The van der Waals surface area contributed by atoms with E-state index in [0.29, 0.717) is 11.1 Å². The first-order chi connectivity index (χ1) is 9.38. The Kier molecular flexibility index (Phi) is 7.11. The first-order valence-corrected chi connectivity index (χ1v) is 7.56. The van der Waals surface area contributed by atoms with Crippen LogP contribution in [0.4, 0.5) is 0 Å². The van der Waals surface area contributed by atoms with Crippen LogP contribution in [0.5, 0.6) is 0 Å². The Morgan fingerprint density at radius 1 is 1.40 bits per heavy atom. The van der Waals surface area contributed by atoms with Gasteiger partial charge in [0.05, 0.1) is 0 Å². The van der Waals surface area contributed by atoms with Crippen LogP contribution in [0.3, 0.4) is 0 Å². The van der Waals surface area contributed by atoms with Gasteiger partial charge in [0.2, 0.25) is 0 Å². The molecule has 20 heavy (non-hydrogen) atoms. The van der Waals surface area contributed by atoms with Crippen molar-refractivity contribution in [2.24, 2.45) is 5.92 Å². The van der Waals surface area contributed by atoms with Gasteiger partial charge in [-0.25, -0.2) is 4.98 Å². The number of halogens is 2. The van der Waals surface area contributed by atoms with Crippen molar-refractivity contribution in [3.8, 4) is 0 Å². The van der Waals surface area contributed by atoms with Crippen LogP contribution < -0.4 is 0 Å². The molecule has 110 valence electrons. The van der Waals surface area contributed by atoms with E-state index >= 15 is 0 Å². The van der Waals surface area contributed by atoms with E-state index in [1.165, 1.54) is 0 Å². The van der Waals surface area contributed by atoms with Gasteiger partial charge >= 0.3 is 0 Å². The van der Waals surface area contributed by atoms with Crippen molar-refractivity contribution in [2.75, 3.05) is 6.54 Å². The lowest BCUT2D eigenvalue weighted by molar-refractivity contribution is 0.306. The molecule has 1 unspecified atom stereocenters. The largest absolute Gasteiger partial charge is 0.367 e. The van der Waals surface area contributed by atoms with E-state index in [1.54, 1.807) is 6.20 Å². The fourth-order valence-corrected chi connectivity index (χ4v) is 1.98. The molecule has 0 fully saturated rings. The third-order valence-corrected chi connectivity index (χ3v) is 3.08. The van der Waals surface area contributed by atoms with Crippen molar-refractivity contribution in [1.29, 1.82) is 0 Å². The summed E-state index contributed by atoms with van der Waals surface area (Å²) in [6.07, 6.45) is 5.72. The standard InChI is InChI=1S/C16H22Cl2N2/c1-12(2)10-20(14(4)6-5-13(3)17)11-15-7-8-16(18)19-9-15/h5-9,12-13H,4,10-11H2,1-3H3/b6-5+. The monoisotopic (exact) mass is 312 g/mol. The van der Waals surface area contributed by atoms with E-state index in [1.807, 2.05) is 31.2 Å². The van der Waals surface area contributed by atoms with Crippen LogP contribution >= 0.6 is 23.2 Å². The Bertz CT molecular complexity index is 450. The normalized spacial score (nSPS) is 12.9. The average Bonchev–Trinajstić information content (AvgIpc) is 2.37. The number of hydrogen-bond donors (Lipinski definition) is 0. The van der Waals surface area contributed by atoms with Crippen LogP contribution in [0.2, 0.25) is 5.15 Å². The molecule has 0 aliphatic rings. The topological polar surface area (TPSA) is 16.1 Å². The molecule has 2 nitrogen and oxygen atoms in total. The Balaban J connectivity index is 2.78. The smallest absolute Gasteiger partial charge is 0.129 e. The molecule has 0 aromatic carbocycles. The summed E-state index contributed by atoms with van der Waals surface area (Å²) in [7, 11) is 0. The van der Waals surface area contributed by atoms with E-state index < -0.39 is 0 Å². The van der Waals surface area contributed by atoms with Gasteiger partial charge < -0.3 is 4.90 Å². The molecule has 0 aliphatic heterocycles. The molecular weight excluding hydrogens is 291 g/mol. The summed E-state index contributed by atoms with van der Waals surface area (Å²) >= 11 is 11.8. The highest BCUT2D eigenvalue weighted by molar-refractivity contribution is 6.29. The van der Waals surface area contributed by atoms with Crippen molar-refractivity contribution in [3.63, 3.8) is 0 Å². The second-order valence-corrected chi connectivity index (χ2v) is 6.37. The van der Waals surface area contributed by atoms with Crippen LogP contribution in [0.15, 0.2) is 42.8 Å². The maximum Gasteiger partial charge on any atom is 0.129 e. The average molecular weight is 313 g/mol. The summed E-state index contributed by atoms with van der Waals surface area (Å²) in [4.78, 5) is 6.34. The summed E-state index contributed by atoms with van der Waals surface area (Å²) in [5.74, 6) is 0.550. The third-order valence-electron chi connectivity index (χ3n) is 2.71. The lowest BCUT2D eigenvalue weighted by Crippen LogP contribution is -2.25. The quantitative estimate of drug-likeness (QED) is 0.405. The van der Waals surface area contributed by atoms with Crippen molar-refractivity contribution in [2.45, 2.75) is 32.7 Å². The number of rotatable bonds is 7. The lowest BCUT2D eigenvalue weighted by Gasteiger charge is -2.27. The molecule has 1 heterocycles. The first-order valence-electron chi connectivity index (χ1n) is 6.75. The molecule has 1 rings (SSSR count). The van der Waals surface area contributed by atoms with Crippen molar-refractivity contribution in [3.05, 3.63) is 53.5 Å². The third kappa shape index (κ3) is 6.44. The second-order valence-electron chi connectivity index (χ2n) is 5.29. The minimum absolute atomic E-state index is 0.00449. The van der Waals surface area contributed by atoms with E-state index in [4.69, 9.17) is 23.2 Å². The SMILES string of the molecule is C=C(/C=C/C(C)Cl)N(Cc1ccc(Cl)nc1)CC(C)C. The minimum Gasteiger partial charge on any atom is -0.367 e. The van der Waals surface area contributed by atoms with Crippen molar-refractivity contribution >= 4 is 23.2 Å². The maximum absolute atomic E-state index is 5.94. The first kappa shape index (κ1) is 17.1. The Labute approximate surface area is 132 Å². The summed E-state index contributed by atoms with van der Waals surface area (Å²) in [5.41, 5.74) is 2.07. The van der Waals surface area contributed by atoms with Crippen molar-refractivity contribution in [1.82, 2.24) is 9.88 Å².